The van der Waals surface area contributed by atoms with Gasteiger partial charge < -0.3 is 34.2 Å². The van der Waals surface area contributed by atoms with Crippen LogP contribution >= 0.6 is 15.6 Å². The molecule has 0 aromatic carbocycles. The molecule has 5 unspecified atom stereocenters. The number of phosphoric ester groups is 2. The molecule has 0 aliphatic rings. The number of aliphatic hydroxyl groups is 2. The summed E-state index contributed by atoms with van der Waals surface area (Å²) in [7, 11) is -9.77. The maximum Gasteiger partial charge on any atom is 0.472 e. The largest absolute Gasteiger partial charge is 0.472 e. The van der Waals surface area contributed by atoms with Gasteiger partial charge in [0, 0.05) is 19.3 Å². The number of unbranched alkanes of at least 4 members (excludes halogenated alkanes) is 24. The fourth-order valence-corrected chi connectivity index (χ4v) is 9.60. The van der Waals surface area contributed by atoms with E-state index in [0.29, 0.717) is 19.3 Å². The standard InChI is InChI=1S/C63H112O16P2/c1-4-7-10-13-16-19-22-25-26-27-28-29-30-33-35-37-40-43-46-49-61(66)73-52-58(64)53-75-80(69,70)76-54-59(65)55-77-81(71,72)78-57-60(79-63(68)51-48-45-42-39-36-32-24-21-18-15-12-9-6-3)56-74-62(67)50-47-44-41-38-34-31-23-20-17-14-11-8-5-2/h11,14,16,19-21,23-26,28-29,58-60,64-65H,4-10,12-13,15,17-18,22,27,30-57H2,1-3H3,(H,69,70)(H,71,72)/b14-11-,19-16-,23-20-,24-21-,26-25-,29-28-. The van der Waals surface area contributed by atoms with Crippen LogP contribution < -0.4 is 0 Å². The Kier molecular flexibility index (Phi) is 55.3. The van der Waals surface area contributed by atoms with Gasteiger partial charge in [-0.2, -0.15) is 0 Å². The van der Waals surface area contributed by atoms with E-state index in [-0.39, 0.29) is 19.3 Å². The van der Waals surface area contributed by atoms with Gasteiger partial charge in [0.15, 0.2) is 6.10 Å². The molecular weight excluding hydrogens is 1070 g/mol. The van der Waals surface area contributed by atoms with Crippen LogP contribution in [0.3, 0.4) is 0 Å². The summed E-state index contributed by atoms with van der Waals surface area (Å²) in [5.74, 6) is -1.61. The molecule has 18 heteroatoms. The van der Waals surface area contributed by atoms with Gasteiger partial charge in [-0.1, -0.05) is 196 Å². The molecule has 0 rings (SSSR count). The first-order valence-corrected chi connectivity index (χ1v) is 34.2. The number of rotatable bonds is 59. The highest BCUT2D eigenvalue weighted by atomic mass is 31.2. The maximum atomic E-state index is 12.8. The molecule has 470 valence electrons. The molecule has 0 aromatic rings. The van der Waals surface area contributed by atoms with Gasteiger partial charge in [0.25, 0.3) is 0 Å². The molecule has 81 heavy (non-hydrogen) atoms. The highest BCUT2D eigenvalue weighted by molar-refractivity contribution is 7.47. The third-order valence-electron chi connectivity index (χ3n) is 12.9. The molecule has 0 fully saturated rings. The predicted molar refractivity (Wildman–Crippen MR) is 325 cm³/mol. The lowest BCUT2D eigenvalue weighted by Gasteiger charge is -2.21. The Hall–Kier alpha value is -3.01. The third-order valence-corrected chi connectivity index (χ3v) is 14.8. The van der Waals surface area contributed by atoms with Crippen LogP contribution in [-0.4, -0.2) is 95.9 Å². The van der Waals surface area contributed by atoms with E-state index in [0.717, 1.165) is 141 Å². The minimum atomic E-state index is -4.92. The summed E-state index contributed by atoms with van der Waals surface area (Å²) in [6.07, 6.45) is 56.8. The van der Waals surface area contributed by atoms with E-state index in [4.69, 9.17) is 32.3 Å². The van der Waals surface area contributed by atoms with Crippen molar-refractivity contribution in [3.05, 3.63) is 72.9 Å². The Balaban J connectivity index is 4.64. The molecule has 0 aromatic heterocycles. The smallest absolute Gasteiger partial charge is 0.463 e. The van der Waals surface area contributed by atoms with E-state index in [1.807, 2.05) is 0 Å². The molecular formula is C63H112O16P2. The molecule has 5 atom stereocenters. The molecule has 0 aliphatic carbocycles. The van der Waals surface area contributed by atoms with Crippen molar-refractivity contribution in [1.29, 1.82) is 0 Å². The second-order valence-electron chi connectivity index (χ2n) is 20.8. The Morgan fingerprint density at radius 1 is 0.346 bits per heavy atom. The SMILES string of the molecule is CCC/C=C\C/C=C\CCCCCCCC(=O)OCC(COP(=O)(O)OCC(O)COP(=O)(O)OCC(O)COC(=O)CCCCCCCC/C=C\C/C=C\C/C=C\CCCCC)OC(=O)CCCCCCC/C=C\CCCCCC. The first-order chi connectivity index (χ1) is 39.2. The average molecular weight is 1190 g/mol. The number of hydrogen-bond donors (Lipinski definition) is 4. The number of phosphoric acid groups is 2. The van der Waals surface area contributed by atoms with Crippen molar-refractivity contribution in [3.63, 3.8) is 0 Å². The van der Waals surface area contributed by atoms with E-state index in [1.165, 1.54) is 51.4 Å². The minimum absolute atomic E-state index is 0.0921. The number of ether oxygens (including phenoxy) is 3. The van der Waals surface area contributed by atoms with Crippen LogP contribution in [0.25, 0.3) is 0 Å². The van der Waals surface area contributed by atoms with E-state index >= 15 is 0 Å². The van der Waals surface area contributed by atoms with Gasteiger partial charge in [0.05, 0.1) is 26.4 Å². The van der Waals surface area contributed by atoms with Gasteiger partial charge in [-0.05, 0) is 109 Å². The number of aliphatic hydroxyl groups excluding tert-OH is 2. The van der Waals surface area contributed by atoms with Crippen molar-refractivity contribution < 1.29 is 75.8 Å². The number of hydrogen-bond acceptors (Lipinski definition) is 14. The van der Waals surface area contributed by atoms with Crippen molar-refractivity contribution in [2.45, 2.75) is 270 Å². The molecule has 16 nitrogen and oxygen atoms in total. The van der Waals surface area contributed by atoms with Crippen LogP contribution in [0.2, 0.25) is 0 Å². The maximum absolute atomic E-state index is 12.8. The van der Waals surface area contributed by atoms with E-state index in [9.17, 15) is 43.5 Å². The zero-order valence-corrected chi connectivity index (χ0v) is 52.2. The fourth-order valence-electron chi connectivity index (χ4n) is 8.02. The molecule has 0 radical (unpaired) electrons. The molecule has 0 spiro atoms. The zero-order valence-electron chi connectivity index (χ0n) is 50.4. The van der Waals surface area contributed by atoms with Crippen LogP contribution in [0, 0.1) is 0 Å². The Morgan fingerprint density at radius 2 is 0.642 bits per heavy atom. The first kappa shape index (κ1) is 78.0. The van der Waals surface area contributed by atoms with Crippen LogP contribution in [0.1, 0.15) is 252 Å². The van der Waals surface area contributed by atoms with E-state index in [2.05, 4.69) is 93.7 Å². The summed E-state index contributed by atoms with van der Waals surface area (Å²) >= 11 is 0. The quantitative estimate of drug-likeness (QED) is 0.0146. The molecule has 0 saturated carbocycles. The normalized spacial score (nSPS) is 14.9. The first-order valence-electron chi connectivity index (χ1n) is 31.2. The lowest BCUT2D eigenvalue weighted by atomic mass is 10.1. The lowest BCUT2D eigenvalue weighted by molar-refractivity contribution is -0.161. The monoisotopic (exact) mass is 1190 g/mol. The van der Waals surface area contributed by atoms with Gasteiger partial charge in [-0.25, -0.2) is 9.13 Å². The number of esters is 3. The Bertz CT molecular complexity index is 1780. The second kappa shape index (κ2) is 57.4. The fraction of sp³-hybridized carbons (Fsp3) is 0.762. The highest BCUT2D eigenvalue weighted by Gasteiger charge is 2.29. The third kappa shape index (κ3) is 58.6. The summed E-state index contributed by atoms with van der Waals surface area (Å²) in [6, 6.07) is 0. The van der Waals surface area contributed by atoms with Crippen LogP contribution in [-0.2, 0) is 55.8 Å². The summed E-state index contributed by atoms with van der Waals surface area (Å²) in [5.41, 5.74) is 0. The van der Waals surface area contributed by atoms with Gasteiger partial charge in [0.1, 0.15) is 25.4 Å². The predicted octanol–water partition coefficient (Wildman–Crippen LogP) is 16.4. The van der Waals surface area contributed by atoms with Crippen molar-refractivity contribution in [3.8, 4) is 0 Å². The van der Waals surface area contributed by atoms with Crippen molar-refractivity contribution in [2.24, 2.45) is 0 Å². The lowest BCUT2D eigenvalue weighted by Crippen LogP contribution is -2.30. The van der Waals surface area contributed by atoms with E-state index < -0.39 is 91.5 Å². The number of carbonyl (C=O) groups excluding carboxylic acids is 3. The average Bonchev–Trinajstić information content (AvgIpc) is 3.44. The second-order valence-corrected chi connectivity index (χ2v) is 23.8. The summed E-state index contributed by atoms with van der Waals surface area (Å²) in [5, 5.41) is 20.5. The summed E-state index contributed by atoms with van der Waals surface area (Å²) in [6.45, 7) is 2.50. The molecule has 0 heterocycles. The highest BCUT2D eigenvalue weighted by Crippen LogP contribution is 2.45. The van der Waals surface area contributed by atoms with Crippen molar-refractivity contribution >= 4 is 33.6 Å². The van der Waals surface area contributed by atoms with Gasteiger partial charge >= 0.3 is 33.6 Å². The van der Waals surface area contributed by atoms with Gasteiger partial charge in [0.2, 0.25) is 0 Å². The summed E-state index contributed by atoms with van der Waals surface area (Å²) in [4.78, 5) is 58.1. The van der Waals surface area contributed by atoms with Gasteiger partial charge in [-0.3, -0.25) is 32.5 Å². The van der Waals surface area contributed by atoms with Crippen LogP contribution in [0.15, 0.2) is 72.9 Å². The molecule has 0 aliphatic heterocycles. The van der Waals surface area contributed by atoms with E-state index in [1.54, 1.807) is 0 Å². The van der Waals surface area contributed by atoms with Crippen LogP contribution in [0.5, 0.6) is 0 Å². The molecule has 0 bridgehead atoms. The Labute approximate surface area is 490 Å². The van der Waals surface area contributed by atoms with Crippen LogP contribution in [0.4, 0.5) is 0 Å². The van der Waals surface area contributed by atoms with Crippen molar-refractivity contribution in [2.75, 3.05) is 39.6 Å². The minimum Gasteiger partial charge on any atom is -0.463 e. The number of allylic oxidation sites excluding steroid dienone is 12. The number of carbonyl (C=O) groups is 3. The zero-order chi connectivity index (χ0) is 59.6. The van der Waals surface area contributed by atoms with Crippen molar-refractivity contribution in [1.82, 2.24) is 0 Å². The summed E-state index contributed by atoms with van der Waals surface area (Å²) < 4.78 is 60.6. The van der Waals surface area contributed by atoms with Gasteiger partial charge in [-0.15, -0.1) is 0 Å². The molecule has 0 amide bonds. The molecule has 0 saturated heterocycles. The Morgan fingerprint density at radius 3 is 1.06 bits per heavy atom. The topological polar surface area (TPSA) is 231 Å². The molecule has 4 N–H and O–H groups in total.